The van der Waals surface area contributed by atoms with E-state index in [1.54, 1.807) is 36.5 Å². The summed E-state index contributed by atoms with van der Waals surface area (Å²) in [5, 5.41) is 2.87. The number of amides is 1. The number of anilines is 1. The number of nitrogens with one attached hydrogen (secondary N) is 1. The molecule has 0 radical (unpaired) electrons. The highest BCUT2D eigenvalue weighted by molar-refractivity contribution is 5.98. The van der Waals surface area contributed by atoms with Gasteiger partial charge in [0.2, 0.25) is 0 Å². The summed E-state index contributed by atoms with van der Waals surface area (Å²) in [4.78, 5) is 18.9. The third-order valence-corrected chi connectivity index (χ3v) is 4.07. The van der Waals surface area contributed by atoms with Crippen LogP contribution in [-0.4, -0.2) is 30.5 Å². The minimum absolute atomic E-state index is 0.156. The van der Waals surface area contributed by atoms with Gasteiger partial charge in [0.25, 0.3) is 5.91 Å². The minimum atomic E-state index is -0.235. The lowest BCUT2D eigenvalue weighted by molar-refractivity contribution is 0.0954. The van der Waals surface area contributed by atoms with E-state index in [-0.39, 0.29) is 11.7 Å². The highest BCUT2D eigenvalue weighted by atomic mass is 19.1. The molecule has 0 saturated carbocycles. The second-order valence-corrected chi connectivity index (χ2v) is 5.67. The van der Waals surface area contributed by atoms with Gasteiger partial charge in [-0.15, -0.1) is 0 Å². The van der Waals surface area contributed by atoms with Gasteiger partial charge >= 0.3 is 0 Å². The number of hydrogen-bond donors (Lipinski definition) is 1. The molecule has 1 aliphatic rings. The molecule has 2 aromatic rings. The Labute approximate surface area is 135 Å². The molecule has 1 amide bonds. The van der Waals surface area contributed by atoms with Crippen molar-refractivity contribution in [2.75, 3.05) is 24.5 Å². The fourth-order valence-corrected chi connectivity index (χ4v) is 2.86. The molecule has 1 aromatic heterocycles. The molecule has 1 aromatic carbocycles. The highest BCUT2D eigenvalue weighted by Crippen LogP contribution is 2.21. The summed E-state index contributed by atoms with van der Waals surface area (Å²) in [6, 6.07) is 10.2. The van der Waals surface area contributed by atoms with E-state index in [1.807, 2.05) is 0 Å². The number of carbonyl (C=O) groups excluding carboxylic acids is 1. The van der Waals surface area contributed by atoms with Gasteiger partial charge in [-0.3, -0.25) is 4.79 Å². The molecule has 1 saturated heterocycles. The average Bonchev–Trinajstić information content (AvgIpc) is 3.11. The van der Waals surface area contributed by atoms with Gasteiger partial charge < -0.3 is 10.2 Å². The first-order valence-electron chi connectivity index (χ1n) is 7.97. The van der Waals surface area contributed by atoms with Gasteiger partial charge in [-0.05, 0) is 43.0 Å². The summed E-state index contributed by atoms with van der Waals surface area (Å²) in [5.41, 5.74) is 1.20. The number of pyridine rings is 1. The van der Waals surface area contributed by atoms with Crippen LogP contribution in [0.25, 0.3) is 0 Å². The maximum Gasteiger partial charge on any atom is 0.255 e. The van der Waals surface area contributed by atoms with Crippen LogP contribution in [0.4, 0.5) is 10.2 Å². The topological polar surface area (TPSA) is 45.2 Å². The van der Waals surface area contributed by atoms with Crippen LogP contribution in [0.5, 0.6) is 0 Å². The van der Waals surface area contributed by atoms with E-state index in [9.17, 15) is 9.18 Å². The van der Waals surface area contributed by atoms with Crippen LogP contribution in [0, 0.1) is 5.82 Å². The number of hydrogen-bond acceptors (Lipinski definition) is 3. The number of halogens is 1. The van der Waals surface area contributed by atoms with Crippen molar-refractivity contribution in [2.45, 2.75) is 19.3 Å². The zero-order valence-corrected chi connectivity index (χ0v) is 13.0. The third-order valence-electron chi connectivity index (χ3n) is 4.07. The molecule has 23 heavy (non-hydrogen) atoms. The Bertz CT molecular complexity index is 683. The van der Waals surface area contributed by atoms with Crippen molar-refractivity contribution in [2.24, 2.45) is 0 Å². The first-order chi connectivity index (χ1) is 11.3. The molecule has 2 heterocycles. The predicted molar refractivity (Wildman–Crippen MR) is 88.1 cm³/mol. The fraction of sp³-hybridized carbons (Fsp3) is 0.333. The van der Waals surface area contributed by atoms with Gasteiger partial charge in [-0.2, -0.15) is 0 Å². The molecule has 120 valence electrons. The fourth-order valence-electron chi connectivity index (χ4n) is 2.86. The second-order valence-electron chi connectivity index (χ2n) is 5.67. The lowest BCUT2D eigenvalue weighted by Gasteiger charge is -2.19. The third kappa shape index (κ3) is 3.67. The summed E-state index contributed by atoms with van der Waals surface area (Å²) in [7, 11) is 0. The van der Waals surface area contributed by atoms with Crippen molar-refractivity contribution < 1.29 is 9.18 Å². The Morgan fingerprint density at radius 2 is 1.96 bits per heavy atom. The molecule has 0 aliphatic carbocycles. The van der Waals surface area contributed by atoms with Crippen LogP contribution in [0.15, 0.2) is 42.6 Å². The van der Waals surface area contributed by atoms with Gasteiger partial charge in [0.1, 0.15) is 11.6 Å². The molecule has 0 spiro atoms. The number of benzene rings is 1. The van der Waals surface area contributed by atoms with Crippen LogP contribution in [0.3, 0.4) is 0 Å². The van der Waals surface area contributed by atoms with Gasteiger partial charge in [0.15, 0.2) is 0 Å². The molecule has 1 aliphatic heterocycles. The largest absolute Gasteiger partial charge is 0.356 e. The minimum Gasteiger partial charge on any atom is -0.356 e. The van der Waals surface area contributed by atoms with Gasteiger partial charge in [-0.25, -0.2) is 9.37 Å². The SMILES string of the molecule is O=C(NCCc1ccccc1F)c1cccnc1N1CCCC1. The van der Waals surface area contributed by atoms with Crippen molar-refractivity contribution in [3.05, 3.63) is 59.5 Å². The van der Waals surface area contributed by atoms with Crippen LogP contribution >= 0.6 is 0 Å². The average molecular weight is 313 g/mol. The van der Waals surface area contributed by atoms with Gasteiger partial charge in [0.05, 0.1) is 5.56 Å². The first-order valence-corrected chi connectivity index (χ1v) is 7.97. The molecule has 0 bridgehead atoms. The summed E-state index contributed by atoms with van der Waals surface area (Å²) in [6.45, 7) is 2.27. The van der Waals surface area contributed by atoms with E-state index in [0.29, 0.717) is 24.1 Å². The molecular formula is C18H20FN3O. The Hall–Kier alpha value is -2.43. The molecule has 0 unspecified atom stereocenters. The maximum absolute atomic E-state index is 13.6. The van der Waals surface area contributed by atoms with E-state index in [0.717, 1.165) is 31.7 Å². The quantitative estimate of drug-likeness (QED) is 0.923. The van der Waals surface area contributed by atoms with Crippen LogP contribution in [0.1, 0.15) is 28.8 Å². The Kier molecular flexibility index (Phi) is 4.86. The first kappa shape index (κ1) is 15.5. The van der Waals surface area contributed by atoms with Crippen LogP contribution in [-0.2, 0) is 6.42 Å². The smallest absolute Gasteiger partial charge is 0.255 e. The lowest BCUT2D eigenvalue weighted by atomic mass is 10.1. The van der Waals surface area contributed by atoms with Crippen molar-refractivity contribution in [1.29, 1.82) is 0 Å². The maximum atomic E-state index is 13.6. The Morgan fingerprint density at radius 3 is 2.74 bits per heavy atom. The number of nitrogens with zero attached hydrogens (tertiary/aromatic N) is 2. The number of rotatable bonds is 5. The van der Waals surface area contributed by atoms with Crippen molar-refractivity contribution in [3.8, 4) is 0 Å². The molecule has 1 fully saturated rings. The zero-order valence-electron chi connectivity index (χ0n) is 13.0. The molecular weight excluding hydrogens is 293 g/mol. The lowest BCUT2D eigenvalue weighted by Crippen LogP contribution is -2.29. The summed E-state index contributed by atoms with van der Waals surface area (Å²) >= 11 is 0. The molecule has 0 atom stereocenters. The summed E-state index contributed by atoms with van der Waals surface area (Å²) in [6.07, 6.45) is 4.44. The van der Waals surface area contributed by atoms with Gasteiger partial charge in [-0.1, -0.05) is 18.2 Å². The second kappa shape index (κ2) is 7.22. The van der Waals surface area contributed by atoms with E-state index in [4.69, 9.17) is 0 Å². The molecule has 1 N–H and O–H groups in total. The molecule has 5 heteroatoms. The number of carbonyl (C=O) groups is 1. The molecule has 4 nitrogen and oxygen atoms in total. The van der Waals surface area contributed by atoms with E-state index in [1.165, 1.54) is 6.07 Å². The van der Waals surface area contributed by atoms with Gasteiger partial charge in [0, 0.05) is 25.8 Å². The zero-order chi connectivity index (χ0) is 16.1. The van der Waals surface area contributed by atoms with Crippen molar-refractivity contribution in [1.82, 2.24) is 10.3 Å². The summed E-state index contributed by atoms with van der Waals surface area (Å²) in [5.74, 6) is 0.352. The van der Waals surface area contributed by atoms with Crippen LogP contribution in [0.2, 0.25) is 0 Å². The normalized spacial score (nSPS) is 14.0. The van der Waals surface area contributed by atoms with E-state index in [2.05, 4.69) is 15.2 Å². The predicted octanol–water partition coefficient (Wildman–Crippen LogP) is 2.79. The van der Waals surface area contributed by atoms with E-state index < -0.39 is 0 Å². The monoisotopic (exact) mass is 313 g/mol. The van der Waals surface area contributed by atoms with Crippen LogP contribution < -0.4 is 10.2 Å². The molecule has 3 rings (SSSR count). The van der Waals surface area contributed by atoms with E-state index >= 15 is 0 Å². The summed E-state index contributed by atoms with van der Waals surface area (Å²) < 4.78 is 13.6. The standard InChI is InChI=1S/C18H20FN3O/c19-16-8-2-1-6-14(16)9-11-21-18(23)15-7-5-10-20-17(15)22-12-3-4-13-22/h1-2,5-8,10H,3-4,9,11-13H2,(H,21,23). The van der Waals surface area contributed by atoms with Crippen molar-refractivity contribution >= 4 is 11.7 Å². The number of aromatic nitrogens is 1. The Balaban J connectivity index is 1.63. The Morgan fingerprint density at radius 1 is 1.17 bits per heavy atom. The highest BCUT2D eigenvalue weighted by Gasteiger charge is 2.20. The van der Waals surface area contributed by atoms with Crippen molar-refractivity contribution in [3.63, 3.8) is 0 Å².